The van der Waals surface area contributed by atoms with Crippen molar-refractivity contribution in [3.05, 3.63) is 27.7 Å². The van der Waals surface area contributed by atoms with Gasteiger partial charge in [0, 0.05) is 18.7 Å². The number of aliphatic hydroxyl groups is 2. The molecule has 0 spiro atoms. The number of benzene rings is 1. The lowest BCUT2D eigenvalue weighted by Crippen LogP contribution is -2.36. The molecule has 0 heterocycles. The van der Waals surface area contributed by atoms with Crippen LogP contribution in [0, 0.1) is 0 Å². The van der Waals surface area contributed by atoms with Crippen LogP contribution < -0.4 is 0 Å². The number of phenols is 1. The first-order valence-corrected chi connectivity index (χ1v) is 6.33. The number of aliphatic hydroxyl groups excluding tert-OH is 2. The highest BCUT2D eigenvalue weighted by Gasteiger charge is 2.20. The van der Waals surface area contributed by atoms with E-state index in [1.807, 2.05) is 0 Å². The van der Waals surface area contributed by atoms with Gasteiger partial charge in [0.05, 0.1) is 23.2 Å². The maximum Gasteiger partial charge on any atom is 0.257 e. The number of hydrogen-bond donors (Lipinski definition) is 3. The van der Waals surface area contributed by atoms with Crippen LogP contribution in [0.1, 0.15) is 20.7 Å². The number of hydrogen-bond acceptors (Lipinski definition) is 5. The van der Waals surface area contributed by atoms with E-state index in [1.165, 1.54) is 17.0 Å². The number of aldehydes is 1. The third-order valence-corrected chi connectivity index (χ3v) is 3.08. The zero-order valence-electron chi connectivity index (χ0n) is 10.0. The lowest BCUT2D eigenvalue weighted by atomic mass is 10.1. The number of amides is 1. The maximum atomic E-state index is 12.2. The second-order valence-electron chi connectivity index (χ2n) is 3.76. The Labute approximate surface area is 118 Å². The van der Waals surface area contributed by atoms with Crippen LogP contribution in [0.15, 0.2) is 16.6 Å². The van der Waals surface area contributed by atoms with E-state index in [-0.39, 0.29) is 47.7 Å². The first kappa shape index (κ1) is 15.6. The molecule has 0 aliphatic carbocycles. The fourth-order valence-electron chi connectivity index (χ4n) is 1.58. The molecule has 0 saturated heterocycles. The highest BCUT2D eigenvalue weighted by molar-refractivity contribution is 9.10. The third-order valence-electron chi connectivity index (χ3n) is 2.48. The Bertz CT molecular complexity index is 471. The fourth-order valence-corrected chi connectivity index (χ4v) is 2.06. The minimum atomic E-state index is -0.565. The van der Waals surface area contributed by atoms with Gasteiger partial charge in [-0.2, -0.15) is 0 Å². The van der Waals surface area contributed by atoms with E-state index in [0.717, 1.165) is 0 Å². The van der Waals surface area contributed by atoms with Gasteiger partial charge in [-0.3, -0.25) is 9.59 Å². The van der Waals surface area contributed by atoms with Crippen LogP contribution >= 0.6 is 15.9 Å². The fraction of sp³-hybridized carbons (Fsp3) is 0.333. The largest absolute Gasteiger partial charge is 0.506 e. The predicted octanol–water partition coefficient (Wildman–Crippen LogP) is 0.394. The molecule has 3 N–H and O–H groups in total. The number of carbonyl (C=O) groups excluding carboxylic acids is 2. The lowest BCUT2D eigenvalue weighted by Gasteiger charge is -2.21. The van der Waals surface area contributed by atoms with Crippen molar-refractivity contribution in [2.45, 2.75) is 0 Å². The Morgan fingerprint density at radius 2 is 1.84 bits per heavy atom. The zero-order valence-corrected chi connectivity index (χ0v) is 11.6. The minimum Gasteiger partial charge on any atom is -0.506 e. The second-order valence-corrected chi connectivity index (χ2v) is 4.61. The van der Waals surface area contributed by atoms with Crippen LogP contribution in [-0.2, 0) is 0 Å². The lowest BCUT2D eigenvalue weighted by molar-refractivity contribution is 0.0681. The van der Waals surface area contributed by atoms with Crippen molar-refractivity contribution in [2.75, 3.05) is 26.3 Å². The van der Waals surface area contributed by atoms with Gasteiger partial charge in [-0.25, -0.2) is 0 Å². The quantitative estimate of drug-likeness (QED) is 0.655. The highest BCUT2D eigenvalue weighted by atomic mass is 79.9. The van der Waals surface area contributed by atoms with Gasteiger partial charge in [-0.05, 0) is 28.1 Å². The summed E-state index contributed by atoms with van der Waals surface area (Å²) < 4.78 is 0.230. The van der Waals surface area contributed by atoms with Gasteiger partial charge in [-0.15, -0.1) is 0 Å². The standard InChI is InChI=1S/C12H14BrNO5/c13-10-6-8(7-17)5-9(11(10)18)12(19)14(1-3-15)2-4-16/h5-7,15-16,18H,1-4H2. The SMILES string of the molecule is O=Cc1cc(Br)c(O)c(C(=O)N(CCO)CCO)c1. The Morgan fingerprint density at radius 1 is 1.26 bits per heavy atom. The van der Waals surface area contributed by atoms with Crippen molar-refractivity contribution in [1.29, 1.82) is 0 Å². The number of rotatable bonds is 6. The number of aromatic hydroxyl groups is 1. The normalized spacial score (nSPS) is 10.3. The minimum absolute atomic E-state index is 0.0295. The van der Waals surface area contributed by atoms with Gasteiger partial charge in [0.2, 0.25) is 0 Å². The molecule has 0 fully saturated rings. The molecule has 1 aromatic carbocycles. The van der Waals surface area contributed by atoms with Crippen molar-refractivity contribution >= 4 is 28.1 Å². The van der Waals surface area contributed by atoms with E-state index < -0.39 is 5.91 Å². The van der Waals surface area contributed by atoms with E-state index in [4.69, 9.17) is 10.2 Å². The van der Waals surface area contributed by atoms with Gasteiger partial charge >= 0.3 is 0 Å². The molecule has 0 aromatic heterocycles. The molecule has 19 heavy (non-hydrogen) atoms. The molecule has 0 aliphatic heterocycles. The molecule has 1 aromatic rings. The molecule has 104 valence electrons. The Kier molecular flexibility index (Phi) is 5.94. The summed E-state index contributed by atoms with van der Waals surface area (Å²) in [5.41, 5.74) is 0.180. The molecule has 0 bridgehead atoms. The van der Waals surface area contributed by atoms with E-state index >= 15 is 0 Å². The van der Waals surface area contributed by atoms with Gasteiger partial charge in [0.15, 0.2) is 0 Å². The Balaban J connectivity index is 3.15. The molecule has 1 amide bonds. The van der Waals surface area contributed by atoms with Crippen molar-refractivity contribution < 1.29 is 24.9 Å². The monoisotopic (exact) mass is 331 g/mol. The maximum absolute atomic E-state index is 12.2. The smallest absolute Gasteiger partial charge is 0.257 e. The van der Waals surface area contributed by atoms with Gasteiger partial charge < -0.3 is 20.2 Å². The molecule has 0 atom stereocenters. The molecule has 0 radical (unpaired) electrons. The number of carbonyl (C=O) groups is 2. The molecule has 0 unspecified atom stereocenters. The molecule has 6 nitrogen and oxygen atoms in total. The summed E-state index contributed by atoms with van der Waals surface area (Å²) in [5.74, 6) is -0.846. The highest BCUT2D eigenvalue weighted by Crippen LogP contribution is 2.30. The summed E-state index contributed by atoms with van der Waals surface area (Å²) in [7, 11) is 0. The summed E-state index contributed by atoms with van der Waals surface area (Å²) >= 11 is 3.05. The number of halogens is 1. The van der Waals surface area contributed by atoms with Gasteiger partial charge in [0.1, 0.15) is 12.0 Å². The molecule has 0 saturated carbocycles. The van der Waals surface area contributed by atoms with Crippen molar-refractivity contribution in [3.63, 3.8) is 0 Å². The number of nitrogens with zero attached hydrogens (tertiary/aromatic N) is 1. The van der Waals surface area contributed by atoms with Gasteiger partial charge in [-0.1, -0.05) is 0 Å². The Hall–Kier alpha value is -1.44. The van der Waals surface area contributed by atoms with Crippen molar-refractivity contribution in [3.8, 4) is 5.75 Å². The molecular formula is C12H14BrNO5. The van der Waals surface area contributed by atoms with Crippen LogP contribution in [0.25, 0.3) is 0 Å². The predicted molar refractivity (Wildman–Crippen MR) is 71.3 cm³/mol. The van der Waals surface area contributed by atoms with E-state index in [9.17, 15) is 14.7 Å². The molecule has 0 aliphatic rings. The van der Waals surface area contributed by atoms with Crippen LogP contribution in [0.4, 0.5) is 0 Å². The summed E-state index contributed by atoms with van der Waals surface area (Å²) in [6.07, 6.45) is 0.559. The third kappa shape index (κ3) is 3.76. The molecular weight excluding hydrogens is 318 g/mol. The summed E-state index contributed by atoms with van der Waals surface area (Å²) in [6, 6.07) is 2.65. The zero-order chi connectivity index (χ0) is 14.4. The van der Waals surface area contributed by atoms with Crippen molar-refractivity contribution in [1.82, 2.24) is 4.90 Å². The Morgan fingerprint density at radius 3 is 2.32 bits per heavy atom. The molecule has 7 heteroatoms. The summed E-state index contributed by atoms with van der Waals surface area (Å²) in [6.45, 7) is -0.467. The van der Waals surface area contributed by atoms with Crippen LogP contribution in [0.2, 0.25) is 0 Å². The topological polar surface area (TPSA) is 98.1 Å². The van der Waals surface area contributed by atoms with Crippen LogP contribution in [-0.4, -0.2) is 58.7 Å². The first-order valence-electron chi connectivity index (χ1n) is 5.53. The molecule has 1 rings (SSSR count). The average Bonchev–Trinajstić information content (AvgIpc) is 2.40. The van der Waals surface area contributed by atoms with E-state index in [1.54, 1.807) is 0 Å². The van der Waals surface area contributed by atoms with Crippen molar-refractivity contribution in [2.24, 2.45) is 0 Å². The van der Waals surface area contributed by atoms with Crippen LogP contribution in [0.5, 0.6) is 5.75 Å². The summed E-state index contributed by atoms with van der Waals surface area (Å²) in [5, 5.41) is 27.6. The van der Waals surface area contributed by atoms with Gasteiger partial charge in [0.25, 0.3) is 5.91 Å². The van der Waals surface area contributed by atoms with E-state index in [0.29, 0.717) is 6.29 Å². The average molecular weight is 332 g/mol. The first-order chi connectivity index (χ1) is 9.04. The van der Waals surface area contributed by atoms with Crippen LogP contribution in [0.3, 0.4) is 0 Å². The van der Waals surface area contributed by atoms with E-state index in [2.05, 4.69) is 15.9 Å². The number of phenolic OH excluding ortho intramolecular Hbond substituents is 1. The second kappa shape index (κ2) is 7.22. The summed E-state index contributed by atoms with van der Waals surface area (Å²) in [4.78, 5) is 24.1.